The number of piperazine rings is 1. The molecule has 0 saturated carbocycles. The lowest BCUT2D eigenvalue weighted by Crippen LogP contribution is -2.50. The number of halogens is 4. The molecule has 0 aliphatic carbocycles. The molecule has 3 rings (SSSR count). The van der Waals surface area contributed by atoms with Crippen molar-refractivity contribution in [1.82, 2.24) is 4.90 Å². The van der Waals surface area contributed by atoms with E-state index in [9.17, 15) is 18.0 Å². The van der Waals surface area contributed by atoms with E-state index in [1.807, 2.05) is 11.0 Å². The Labute approximate surface area is 159 Å². The molecule has 9 heteroatoms. The lowest BCUT2D eigenvalue weighted by atomic mass is 10.2. The SMILES string of the molecule is COc1ccc(N2CCN(C(=O)Nc3ccc(F)c(F)c3F)CC2)cc1Cl. The third kappa shape index (κ3) is 4.05. The highest BCUT2D eigenvalue weighted by Gasteiger charge is 2.23. The second kappa shape index (κ2) is 7.96. The molecule has 1 saturated heterocycles. The molecule has 0 bridgehead atoms. The number of nitrogens with zero attached hydrogens (tertiary/aromatic N) is 2. The van der Waals surface area contributed by atoms with Crippen LogP contribution in [0.3, 0.4) is 0 Å². The molecule has 1 aliphatic rings. The van der Waals surface area contributed by atoms with Gasteiger partial charge in [-0.05, 0) is 30.3 Å². The fraction of sp³-hybridized carbons (Fsp3) is 0.278. The van der Waals surface area contributed by atoms with Crippen LogP contribution >= 0.6 is 11.6 Å². The zero-order chi connectivity index (χ0) is 19.6. The molecule has 2 aromatic rings. The molecular formula is C18H17ClF3N3O2. The second-order valence-electron chi connectivity index (χ2n) is 5.95. The van der Waals surface area contributed by atoms with Crippen molar-refractivity contribution in [2.45, 2.75) is 0 Å². The Morgan fingerprint density at radius 2 is 1.78 bits per heavy atom. The minimum atomic E-state index is -1.62. The number of nitrogens with one attached hydrogen (secondary N) is 1. The molecule has 0 atom stereocenters. The number of ether oxygens (including phenoxy) is 1. The van der Waals surface area contributed by atoms with Crippen LogP contribution in [0.15, 0.2) is 30.3 Å². The van der Waals surface area contributed by atoms with E-state index >= 15 is 0 Å². The van der Waals surface area contributed by atoms with E-state index in [-0.39, 0.29) is 0 Å². The first kappa shape index (κ1) is 19.2. The average molecular weight is 400 g/mol. The Kier molecular flexibility index (Phi) is 5.65. The smallest absolute Gasteiger partial charge is 0.322 e. The van der Waals surface area contributed by atoms with Gasteiger partial charge < -0.3 is 19.9 Å². The lowest BCUT2D eigenvalue weighted by Gasteiger charge is -2.36. The Morgan fingerprint density at radius 3 is 2.41 bits per heavy atom. The Morgan fingerprint density at radius 1 is 1.07 bits per heavy atom. The number of carbonyl (C=O) groups excluding carboxylic acids is 1. The molecule has 1 N–H and O–H groups in total. The molecule has 5 nitrogen and oxygen atoms in total. The number of benzene rings is 2. The quantitative estimate of drug-likeness (QED) is 0.790. The first-order valence-electron chi connectivity index (χ1n) is 8.18. The molecule has 2 amide bonds. The van der Waals surface area contributed by atoms with Crippen molar-refractivity contribution in [2.75, 3.05) is 43.5 Å². The van der Waals surface area contributed by atoms with Crippen LogP contribution in [0.5, 0.6) is 5.75 Å². The zero-order valence-electron chi connectivity index (χ0n) is 14.4. The minimum Gasteiger partial charge on any atom is -0.495 e. The summed E-state index contributed by atoms with van der Waals surface area (Å²) in [5.41, 5.74) is 0.496. The van der Waals surface area contributed by atoms with E-state index in [1.165, 1.54) is 12.0 Å². The molecule has 144 valence electrons. The van der Waals surface area contributed by atoms with Gasteiger partial charge in [-0.3, -0.25) is 0 Å². The number of amides is 2. The van der Waals surface area contributed by atoms with Gasteiger partial charge in [0.05, 0.1) is 17.8 Å². The van der Waals surface area contributed by atoms with Crippen molar-refractivity contribution in [3.05, 3.63) is 52.8 Å². The number of rotatable bonds is 3. The highest BCUT2D eigenvalue weighted by Crippen LogP contribution is 2.29. The van der Waals surface area contributed by atoms with Crippen LogP contribution in [-0.4, -0.2) is 44.2 Å². The van der Waals surface area contributed by atoms with Crippen molar-refractivity contribution < 1.29 is 22.7 Å². The lowest BCUT2D eigenvalue weighted by molar-refractivity contribution is 0.208. The molecular weight excluding hydrogens is 383 g/mol. The van der Waals surface area contributed by atoms with Crippen LogP contribution in [-0.2, 0) is 0 Å². The fourth-order valence-electron chi connectivity index (χ4n) is 2.84. The van der Waals surface area contributed by atoms with E-state index in [2.05, 4.69) is 5.32 Å². The van der Waals surface area contributed by atoms with Gasteiger partial charge in [0.25, 0.3) is 0 Å². The molecule has 1 aliphatic heterocycles. The fourth-order valence-corrected chi connectivity index (χ4v) is 3.09. The summed E-state index contributed by atoms with van der Waals surface area (Å²) in [6.07, 6.45) is 0. The summed E-state index contributed by atoms with van der Waals surface area (Å²) < 4.78 is 45.1. The van der Waals surface area contributed by atoms with Gasteiger partial charge in [0, 0.05) is 31.9 Å². The van der Waals surface area contributed by atoms with Gasteiger partial charge in [-0.15, -0.1) is 0 Å². The molecule has 1 fully saturated rings. The number of hydrogen-bond acceptors (Lipinski definition) is 3. The molecule has 0 aromatic heterocycles. The zero-order valence-corrected chi connectivity index (χ0v) is 15.2. The summed E-state index contributed by atoms with van der Waals surface area (Å²) in [5.74, 6) is -3.77. The second-order valence-corrected chi connectivity index (χ2v) is 6.35. The summed E-state index contributed by atoms with van der Waals surface area (Å²) in [6, 6.07) is 6.60. The predicted molar refractivity (Wildman–Crippen MR) is 97.1 cm³/mol. The molecule has 27 heavy (non-hydrogen) atoms. The number of urea groups is 1. The molecule has 0 spiro atoms. The van der Waals surface area contributed by atoms with Crippen LogP contribution in [0.25, 0.3) is 0 Å². The van der Waals surface area contributed by atoms with E-state index in [4.69, 9.17) is 16.3 Å². The van der Waals surface area contributed by atoms with E-state index < -0.39 is 29.2 Å². The van der Waals surface area contributed by atoms with Crippen LogP contribution in [0.1, 0.15) is 0 Å². The first-order chi connectivity index (χ1) is 12.9. The summed E-state index contributed by atoms with van der Waals surface area (Å²) >= 11 is 6.14. The molecule has 1 heterocycles. The van der Waals surface area contributed by atoms with Gasteiger partial charge in [0.15, 0.2) is 17.5 Å². The van der Waals surface area contributed by atoms with Crippen molar-refractivity contribution in [3.8, 4) is 5.75 Å². The number of carbonyl (C=O) groups is 1. The van der Waals surface area contributed by atoms with Crippen LogP contribution in [0, 0.1) is 17.5 Å². The van der Waals surface area contributed by atoms with Gasteiger partial charge in [0.2, 0.25) is 0 Å². The monoisotopic (exact) mass is 399 g/mol. The Hall–Kier alpha value is -2.61. The third-order valence-corrected chi connectivity index (χ3v) is 4.64. The summed E-state index contributed by atoms with van der Waals surface area (Å²) in [4.78, 5) is 15.8. The minimum absolute atomic E-state index is 0.376. The first-order valence-corrected chi connectivity index (χ1v) is 8.56. The molecule has 2 aromatic carbocycles. The number of methoxy groups -OCH3 is 1. The Balaban J connectivity index is 1.61. The van der Waals surface area contributed by atoms with Crippen LogP contribution in [0.4, 0.5) is 29.3 Å². The molecule has 0 unspecified atom stereocenters. The highest BCUT2D eigenvalue weighted by atomic mass is 35.5. The summed E-state index contributed by atoms with van der Waals surface area (Å²) in [7, 11) is 1.54. The van der Waals surface area contributed by atoms with Crippen LogP contribution in [0.2, 0.25) is 5.02 Å². The third-order valence-electron chi connectivity index (χ3n) is 4.34. The maximum atomic E-state index is 13.7. The van der Waals surface area contributed by atoms with E-state index in [0.717, 1.165) is 17.8 Å². The van der Waals surface area contributed by atoms with Crippen molar-refractivity contribution in [3.63, 3.8) is 0 Å². The van der Waals surface area contributed by atoms with Gasteiger partial charge in [-0.2, -0.15) is 0 Å². The maximum absolute atomic E-state index is 13.7. The Bertz CT molecular complexity index is 858. The normalized spacial score (nSPS) is 14.3. The summed E-state index contributed by atoms with van der Waals surface area (Å²) in [6.45, 7) is 1.83. The van der Waals surface area contributed by atoms with Crippen molar-refractivity contribution in [2.24, 2.45) is 0 Å². The maximum Gasteiger partial charge on any atom is 0.322 e. The summed E-state index contributed by atoms with van der Waals surface area (Å²) in [5, 5.41) is 2.77. The van der Waals surface area contributed by atoms with Crippen LogP contribution < -0.4 is 15.0 Å². The van der Waals surface area contributed by atoms with Gasteiger partial charge in [-0.25, -0.2) is 18.0 Å². The van der Waals surface area contributed by atoms with Crippen molar-refractivity contribution in [1.29, 1.82) is 0 Å². The van der Waals surface area contributed by atoms with Gasteiger partial charge in [0.1, 0.15) is 5.75 Å². The topological polar surface area (TPSA) is 44.8 Å². The number of anilines is 2. The molecule has 0 radical (unpaired) electrons. The van der Waals surface area contributed by atoms with E-state index in [0.29, 0.717) is 37.0 Å². The number of hydrogen-bond donors (Lipinski definition) is 1. The standard InChI is InChI=1S/C18H17ClF3N3O2/c1-27-15-5-2-11(10-12(15)19)24-6-8-25(9-7-24)18(26)23-14-4-3-13(20)16(21)17(14)22/h2-5,10H,6-9H2,1H3,(H,23,26). The predicted octanol–water partition coefficient (Wildman–Crippen LogP) is 4.12. The van der Waals surface area contributed by atoms with E-state index in [1.54, 1.807) is 12.1 Å². The van der Waals surface area contributed by atoms with Gasteiger partial charge >= 0.3 is 6.03 Å². The van der Waals surface area contributed by atoms with Crippen molar-refractivity contribution >= 4 is 29.0 Å². The average Bonchev–Trinajstić information content (AvgIpc) is 2.68. The largest absolute Gasteiger partial charge is 0.495 e. The van der Waals surface area contributed by atoms with Gasteiger partial charge in [-0.1, -0.05) is 11.6 Å². The highest BCUT2D eigenvalue weighted by molar-refractivity contribution is 6.32.